The summed E-state index contributed by atoms with van der Waals surface area (Å²) in [5.74, 6) is -1.13. The van der Waals surface area contributed by atoms with E-state index >= 15 is 0 Å². The molecule has 1 unspecified atom stereocenters. The van der Waals surface area contributed by atoms with Gasteiger partial charge in [-0.3, -0.25) is 14.2 Å². The number of carboxylic acid groups (broad SMARTS) is 1. The van der Waals surface area contributed by atoms with Crippen molar-refractivity contribution in [1.29, 1.82) is 0 Å². The number of carbonyl (C=O) groups is 2. The van der Waals surface area contributed by atoms with E-state index in [1.54, 1.807) is 6.92 Å². The lowest BCUT2D eigenvalue weighted by Crippen LogP contribution is -2.38. The maximum absolute atomic E-state index is 11.9. The predicted molar refractivity (Wildman–Crippen MR) is 98.7 cm³/mol. The molecule has 2 aliphatic heterocycles. The summed E-state index contributed by atoms with van der Waals surface area (Å²) in [7, 11) is 0. The number of hydrogen-bond acceptors (Lipinski definition) is 10. The van der Waals surface area contributed by atoms with Crippen molar-refractivity contribution < 1.29 is 34.4 Å². The number of ether oxygens (including phenoxy) is 2. The van der Waals surface area contributed by atoms with Crippen LogP contribution in [0.3, 0.4) is 0 Å². The minimum absolute atomic E-state index is 0.0406. The van der Waals surface area contributed by atoms with Crippen molar-refractivity contribution in [2.45, 2.75) is 56.8 Å². The molecule has 2 fully saturated rings. The minimum Gasteiger partial charge on any atom is -0.481 e. The fourth-order valence-corrected chi connectivity index (χ4v) is 2.87. The summed E-state index contributed by atoms with van der Waals surface area (Å²) in [5.41, 5.74) is 4.71. The topological polar surface area (TPSA) is 186 Å². The van der Waals surface area contributed by atoms with Gasteiger partial charge in [0.1, 0.15) is 36.8 Å². The van der Waals surface area contributed by atoms with Crippen LogP contribution in [-0.2, 0) is 19.1 Å². The van der Waals surface area contributed by atoms with Gasteiger partial charge in [-0.15, -0.1) is 0 Å². The SMILES string of the molecule is CCC(=O)O.Nc1ccn([C@@H]2O[C@H](COC(=O)C3CCCN3)[C@@H](O)[C@@H]2O)c(=O)n1. The fraction of sp³-hybridized carbons (Fsp3) is 0.647. The number of aliphatic hydroxyl groups is 2. The van der Waals surface area contributed by atoms with Gasteiger partial charge >= 0.3 is 17.6 Å². The smallest absolute Gasteiger partial charge is 0.351 e. The molecule has 162 valence electrons. The zero-order valence-electron chi connectivity index (χ0n) is 15.9. The lowest BCUT2D eigenvalue weighted by atomic mass is 10.1. The highest BCUT2D eigenvalue weighted by atomic mass is 16.6. The van der Waals surface area contributed by atoms with E-state index in [9.17, 15) is 24.6 Å². The molecule has 0 aliphatic carbocycles. The van der Waals surface area contributed by atoms with Crippen LogP contribution in [0.5, 0.6) is 0 Å². The second-order valence-electron chi connectivity index (χ2n) is 6.61. The van der Waals surface area contributed by atoms with Gasteiger partial charge in [0.15, 0.2) is 6.23 Å². The van der Waals surface area contributed by atoms with Gasteiger partial charge in [0.05, 0.1) is 0 Å². The number of nitrogens with one attached hydrogen (secondary N) is 1. The summed E-state index contributed by atoms with van der Waals surface area (Å²) in [6.07, 6.45) is -1.60. The molecule has 29 heavy (non-hydrogen) atoms. The molecular formula is C17H26N4O8. The Bertz CT molecular complexity index is 764. The Labute approximate surface area is 166 Å². The van der Waals surface area contributed by atoms with Gasteiger partial charge < -0.3 is 35.8 Å². The molecule has 6 N–H and O–H groups in total. The quantitative estimate of drug-likeness (QED) is 0.343. The number of nitrogens with two attached hydrogens (primary N) is 1. The van der Waals surface area contributed by atoms with Crippen LogP contribution in [0.4, 0.5) is 5.82 Å². The normalized spacial score (nSPS) is 28.4. The molecule has 0 radical (unpaired) electrons. The van der Waals surface area contributed by atoms with Crippen molar-refractivity contribution in [2.24, 2.45) is 0 Å². The van der Waals surface area contributed by atoms with Crippen LogP contribution < -0.4 is 16.7 Å². The summed E-state index contributed by atoms with van der Waals surface area (Å²) in [6.45, 7) is 2.14. The van der Waals surface area contributed by atoms with Crippen molar-refractivity contribution >= 4 is 17.8 Å². The highest BCUT2D eigenvalue weighted by Crippen LogP contribution is 2.28. The molecular weight excluding hydrogens is 388 g/mol. The molecule has 12 nitrogen and oxygen atoms in total. The van der Waals surface area contributed by atoms with Crippen molar-refractivity contribution in [3.8, 4) is 0 Å². The molecule has 2 aliphatic rings. The first-order chi connectivity index (χ1) is 13.7. The zero-order chi connectivity index (χ0) is 21.6. The number of aliphatic hydroxyl groups excluding tert-OH is 2. The third kappa shape index (κ3) is 5.97. The number of anilines is 1. The second-order valence-corrected chi connectivity index (χ2v) is 6.61. The van der Waals surface area contributed by atoms with E-state index in [0.717, 1.165) is 17.5 Å². The molecule has 0 saturated carbocycles. The Kier molecular flexibility index (Phi) is 8.08. The molecule has 1 aromatic heterocycles. The first-order valence-corrected chi connectivity index (χ1v) is 9.22. The number of aliphatic carboxylic acids is 1. The third-order valence-corrected chi connectivity index (χ3v) is 4.50. The van der Waals surface area contributed by atoms with Crippen LogP contribution >= 0.6 is 0 Å². The fourth-order valence-electron chi connectivity index (χ4n) is 2.87. The number of nitrogen functional groups attached to an aromatic ring is 1. The van der Waals surface area contributed by atoms with Gasteiger partial charge in [0.25, 0.3) is 0 Å². The summed E-state index contributed by atoms with van der Waals surface area (Å²) in [6, 6.07) is 1.02. The van der Waals surface area contributed by atoms with Crippen LogP contribution in [0.25, 0.3) is 0 Å². The van der Waals surface area contributed by atoms with E-state index in [-0.39, 0.29) is 24.9 Å². The number of carbonyl (C=O) groups excluding carboxylic acids is 1. The molecule has 3 rings (SSSR count). The Morgan fingerprint density at radius 1 is 1.41 bits per heavy atom. The lowest BCUT2D eigenvalue weighted by molar-refractivity contribution is -0.152. The van der Waals surface area contributed by atoms with Crippen molar-refractivity contribution in [3.05, 3.63) is 22.7 Å². The van der Waals surface area contributed by atoms with Crippen molar-refractivity contribution in [1.82, 2.24) is 14.9 Å². The minimum atomic E-state index is -1.36. The van der Waals surface area contributed by atoms with Crippen molar-refractivity contribution in [2.75, 3.05) is 18.9 Å². The van der Waals surface area contributed by atoms with E-state index < -0.39 is 42.2 Å². The monoisotopic (exact) mass is 414 g/mol. The molecule has 0 amide bonds. The Morgan fingerprint density at radius 2 is 2.10 bits per heavy atom. The molecule has 12 heteroatoms. The number of hydrogen-bond donors (Lipinski definition) is 5. The molecule has 0 bridgehead atoms. The number of carboxylic acids is 1. The third-order valence-electron chi connectivity index (χ3n) is 4.50. The van der Waals surface area contributed by atoms with Crippen LogP contribution in [0.15, 0.2) is 17.1 Å². The van der Waals surface area contributed by atoms with Gasteiger partial charge in [-0.2, -0.15) is 4.98 Å². The second kappa shape index (κ2) is 10.3. The number of aromatic nitrogens is 2. The van der Waals surface area contributed by atoms with Crippen LogP contribution in [-0.4, -0.2) is 74.3 Å². The molecule has 5 atom stereocenters. The Hall–Kier alpha value is -2.54. The van der Waals surface area contributed by atoms with Gasteiger partial charge in [0.2, 0.25) is 0 Å². The Balaban J connectivity index is 0.000000537. The lowest BCUT2D eigenvalue weighted by Gasteiger charge is -2.17. The first kappa shape index (κ1) is 22.7. The molecule has 0 spiro atoms. The van der Waals surface area contributed by atoms with E-state index in [1.165, 1.54) is 12.3 Å². The summed E-state index contributed by atoms with van der Waals surface area (Å²) >= 11 is 0. The van der Waals surface area contributed by atoms with Crippen LogP contribution in [0.2, 0.25) is 0 Å². The van der Waals surface area contributed by atoms with E-state index in [2.05, 4.69) is 10.3 Å². The first-order valence-electron chi connectivity index (χ1n) is 9.22. The largest absolute Gasteiger partial charge is 0.481 e. The van der Waals surface area contributed by atoms with Crippen LogP contribution in [0, 0.1) is 0 Å². The number of nitrogens with zero attached hydrogens (tertiary/aromatic N) is 2. The van der Waals surface area contributed by atoms with E-state index in [1.807, 2.05) is 0 Å². The van der Waals surface area contributed by atoms with Gasteiger partial charge in [-0.25, -0.2) is 4.79 Å². The Morgan fingerprint density at radius 3 is 2.66 bits per heavy atom. The van der Waals surface area contributed by atoms with Gasteiger partial charge in [-0.1, -0.05) is 6.92 Å². The van der Waals surface area contributed by atoms with Gasteiger partial charge in [-0.05, 0) is 25.5 Å². The molecule has 1 aromatic rings. The highest BCUT2D eigenvalue weighted by molar-refractivity contribution is 5.76. The summed E-state index contributed by atoms with van der Waals surface area (Å²) in [4.78, 5) is 36.6. The average molecular weight is 414 g/mol. The summed E-state index contributed by atoms with van der Waals surface area (Å²) in [5, 5.41) is 30.9. The molecule has 2 saturated heterocycles. The maximum Gasteiger partial charge on any atom is 0.351 e. The highest BCUT2D eigenvalue weighted by Gasteiger charge is 2.45. The average Bonchev–Trinajstić information content (AvgIpc) is 3.31. The predicted octanol–water partition coefficient (Wildman–Crippen LogP) is -1.78. The maximum atomic E-state index is 11.9. The van der Waals surface area contributed by atoms with Crippen molar-refractivity contribution in [3.63, 3.8) is 0 Å². The molecule has 3 heterocycles. The van der Waals surface area contributed by atoms with Gasteiger partial charge in [0, 0.05) is 12.6 Å². The van der Waals surface area contributed by atoms with Crippen LogP contribution in [0.1, 0.15) is 32.4 Å². The standard InChI is InChI=1S/C14H20N4O6.C3H6O2/c15-9-3-5-18(14(22)17-9)12-11(20)10(19)8(24-12)6-23-13(21)7-2-1-4-16-7;1-2-3(4)5/h3,5,7-8,10-12,16,19-20H,1-2,4,6H2,(H2,15,17,22);2H2,1H3,(H,4,5)/t7?,8-,10-,11+,12-;/m1./s1. The van der Waals surface area contributed by atoms with E-state index in [4.69, 9.17) is 20.3 Å². The molecule has 0 aromatic carbocycles. The number of rotatable bonds is 5. The summed E-state index contributed by atoms with van der Waals surface area (Å²) < 4.78 is 11.7. The van der Waals surface area contributed by atoms with E-state index in [0.29, 0.717) is 6.42 Å². The zero-order valence-corrected chi connectivity index (χ0v) is 15.9. The number of esters is 1.